The number of rotatable bonds is 14. The molecule has 0 radical (unpaired) electrons. The van der Waals surface area contributed by atoms with E-state index >= 15 is 0 Å². The van der Waals surface area contributed by atoms with Crippen molar-refractivity contribution in [2.24, 2.45) is 0 Å². The Morgan fingerprint density at radius 2 is 0.885 bits per heavy atom. The molecule has 0 unspecified atom stereocenters. The van der Waals surface area contributed by atoms with Gasteiger partial charge in [-0.3, -0.25) is 9.59 Å². The molecular weight excluding hydrogens is 836 g/mol. The van der Waals surface area contributed by atoms with Crippen molar-refractivity contribution in [3.8, 4) is 0 Å². The lowest BCUT2D eigenvalue weighted by Crippen LogP contribution is -2.70. The van der Waals surface area contributed by atoms with Gasteiger partial charge in [-0.2, -0.15) is 0 Å². The maximum Gasteiger partial charge on any atom is 0.217 e. The molecule has 5 rings (SSSR count). The molecule has 5 aliphatic heterocycles. The molecule has 5 fully saturated rings. The molecule has 0 aromatic rings. The first kappa shape index (κ1) is 50.0. The molecule has 16 N–H and O–H groups in total. The summed E-state index contributed by atoms with van der Waals surface area (Å²) in [5, 5.41) is 152. The van der Waals surface area contributed by atoms with Gasteiger partial charge in [-0.25, -0.2) is 0 Å². The van der Waals surface area contributed by atoms with E-state index in [0.717, 1.165) is 13.8 Å². The molecule has 0 aromatic heterocycles. The number of carbonyl (C=O) groups is 2. The topological polar surface area (TPSA) is 424 Å². The van der Waals surface area contributed by atoms with E-state index in [0.29, 0.717) is 0 Å². The van der Waals surface area contributed by atoms with Crippen molar-refractivity contribution < 1.29 is 124 Å². The second kappa shape index (κ2) is 21.3. The van der Waals surface area contributed by atoms with Crippen LogP contribution in [0, 0.1) is 0 Å². The largest absolute Gasteiger partial charge is 0.394 e. The van der Waals surface area contributed by atoms with E-state index in [-0.39, 0.29) is 0 Å². The Bertz CT molecular complexity index is 1420. The summed E-state index contributed by atoms with van der Waals surface area (Å²) in [5.74, 6) is -1.50. The van der Waals surface area contributed by atoms with Gasteiger partial charge in [0.25, 0.3) is 0 Å². The Labute approximate surface area is 346 Å². The van der Waals surface area contributed by atoms with Crippen LogP contribution in [0.1, 0.15) is 20.8 Å². The third-order valence-corrected chi connectivity index (χ3v) is 11.0. The highest BCUT2D eigenvalue weighted by Gasteiger charge is 2.55. The van der Waals surface area contributed by atoms with E-state index in [1.807, 2.05) is 0 Å². The molecule has 5 heterocycles. The van der Waals surface area contributed by atoms with Crippen molar-refractivity contribution in [2.75, 3.05) is 26.4 Å². The number of aliphatic hydroxyl groups is 14. The molecule has 2 amide bonds. The molecule has 5 saturated heterocycles. The Kier molecular flexibility index (Phi) is 17.5. The highest BCUT2D eigenvalue weighted by atomic mass is 16.8. The monoisotopic (exact) mass is 894 g/mol. The van der Waals surface area contributed by atoms with Crippen molar-refractivity contribution in [1.82, 2.24) is 10.6 Å². The predicted molar refractivity (Wildman–Crippen MR) is 188 cm³/mol. The van der Waals surface area contributed by atoms with Gasteiger partial charge >= 0.3 is 0 Å². The van der Waals surface area contributed by atoms with Gasteiger partial charge in [-0.1, -0.05) is 0 Å². The lowest BCUT2D eigenvalue weighted by molar-refractivity contribution is -0.367. The summed E-state index contributed by atoms with van der Waals surface area (Å²) in [4.78, 5) is 24.5. The fourth-order valence-corrected chi connectivity index (χ4v) is 7.58. The zero-order chi connectivity index (χ0) is 45.2. The van der Waals surface area contributed by atoms with Gasteiger partial charge in [0.15, 0.2) is 31.5 Å². The van der Waals surface area contributed by atoms with Crippen LogP contribution in [0.3, 0.4) is 0 Å². The normalized spacial score (nSPS) is 49.6. The summed E-state index contributed by atoms with van der Waals surface area (Å²) >= 11 is 0. The average molecular weight is 895 g/mol. The molecule has 354 valence electrons. The molecule has 0 spiro atoms. The molecule has 25 atom stereocenters. The number of nitrogens with one attached hydrogen (secondary N) is 2. The quantitative estimate of drug-likeness (QED) is 0.0770. The van der Waals surface area contributed by atoms with E-state index in [1.54, 1.807) is 0 Å². The molecule has 0 saturated carbocycles. The standard InChI is InChI=1S/C34H58N2O25/c1-8-17(41)22(46)25(49)32(55-8)54-7-14-29(20(44)15(30(52)56-14)35-9(2)39)60-31-16(36-10(3)40)21(45)28(12(5-38)58-31)61-34-27(51)24(48)19(43)13(59-34)6-53-33-26(50)23(47)18(42)11(4-37)57-33/h8,11-34,37-38,41-52H,4-7H2,1-3H3,(H,35,39)(H,36,40)/t8-,11+,12+,13+,14+,15+,16+,17+,18+,19+,20+,21+,22+,23-,24-,25-,26-,27-,28+,29+,30+,31-,32+,33-,34-/m0/s1. The molecule has 61 heavy (non-hydrogen) atoms. The second-order valence-corrected chi connectivity index (χ2v) is 15.5. The molecule has 0 aromatic carbocycles. The number of hydrogen-bond donors (Lipinski definition) is 16. The van der Waals surface area contributed by atoms with Crippen LogP contribution in [0.25, 0.3) is 0 Å². The number of aliphatic hydroxyl groups excluding tert-OH is 14. The van der Waals surface area contributed by atoms with Gasteiger partial charge in [0.1, 0.15) is 116 Å². The minimum Gasteiger partial charge on any atom is -0.394 e. The number of amides is 2. The van der Waals surface area contributed by atoms with E-state index < -0.39 is 192 Å². The minimum atomic E-state index is -2.05. The van der Waals surface area contributed by atoms with Crippen LogP contribution < -0.4 is 10.6 Å². The molecule has 0 aliphatic carbocycles. The van der Waals surface area contributed by atoms with Crippen LogP contribution in [0.2, 0.25) is 0 Å². The third kappa shape index (κ3) is 11.1. The zero-order valence-corrected chi connectivity index (χ0v) is 33.0. The molecule has 27 nitrogen and oxygen atoms in total. The van der Waals surface area contributed by atoms with E-state index in [9.17, 15) is 81.1 Å². The van der Waals surface area contributed by atoms with E-state index in [1.165, 1.54) is 6.92 Å². The molecule has 5 aliphatic rings. The predicted octanol–water partition coefficient (Wildman–Crippen LogP) is -10.6. The number of hydrogen-bond acceptors (Lipinski definition) is 25. The van der Waals surface area contributed by atoms with Gasteiger partial charge in [0.05, 0.1) is 32.5 Å². The van der Waals surface area contributed by atoms with Gasteiger partial charge in [0, 0.05) is 13.8 Å². The first-order valence-corrected chi connectivity index (χ1v) is 19.4. The van der Waals surface area contributed by atoms with Crippen molar-refractivity contribution >= 4 is 11.8 Å². The summed E-state index contributed by atoms with van der Waals surface area (Å²) in [5.41, 5.74) is 0. The van der Waals surface area contributed by atoms with Crippen molar-refractivity contribution in [3.05, 3.63) is 0 Å². The average Bonchev–Trinajstić information content (AvgIpc) is 3.21. The van der Waals surface area contributed by atoms with E-state index in [4.69, 9.17) is 42.6 Å². The van der Waals surface area contributed by atoms with Crippen LogP contribution in [0.15, 0.2) is 0 Å². The van der Waals surface area contributed by atoms with Crippen molar-refractivity contribution in [2.45, 2.75) is 174 Å². The van der Waals surface area contributed by atoms with Crippen molar-refractivity contribution in [3.63, 3.8) is 0 Å². The fourth-order valence-electron chi connectivity index (χ4n) is 7.58. The Morgan fingerprint density at radius 1 is 0.459 bits per heavy atom. The summed E-state index contributed by atoms with van der Waals surface area (Å²) in [6.07, 6.45) is -39.7. The van der Waals surface area contributed by atoms with Crippen LogP contribution in [0.5, 0.6) is 0 Å². The molecule has 27 heteroatoms. The third-order valence-electron chi connectivity index (χ3n) is 11.0. The summed E-state index contributed by atoms with van der Waals surface area (Å²) in [6.45, 7) is 0.353. The number of ether oxygens (including phenoxy) is 9. The van der Waals surface area contributed by atoms with Crippen LogP contribution in [0.4, 0.5) is 0 Å². The van der Waals surface area contributed by atoms with E-state index in [2.05, 4.69) is 10.6 Å². The maximum atomic E-state index is 12.5. The molecular formula is C34H58N2O25. The zero-order valence-electron chi connectivity index (χ0n) is 33.0. The van der Waals surface area contributed by atoms with Crippen molar-refractivity contribution in [1.29, 1.82) is 0 Å². The molecule has 0 bridgehead atoms. The SMILES string of the molecule is CC(=O)N[C@@H]1[C@@H](O)[C@H](O[C@@H]2O[C@H](CO)[C@@H](O[C@@H]3O[C@H](CO[C@H]4O[C@H](CO)[C@@H](O)[C@H](O)[C@@H]4O)[C@@H](O)[C@H](O)[C@@H]3O)[C@H](O)[C@H]2NC(C)=O)[C@@H](CO[C@@H]2O[C@@H](C)[C@@H](O)[C@@H](O)[C@@H]2O)O[C@H]1O. The first-order valence-electron chi connectivity index (χ1n) is 19.4. The van der Waals surface area contributed by atoms with Gasteiger partial charge in [-0.05, 0) is 6.92 Å². The second-order valence-electron chi connectivity index (χ2n) is 15.5. The highest BCUT2D eigenvalue weighted by Crippen LogP contribution is 2.34. The Morgan fingerprint density at radius 3 is 1.46 bits per heavy atom. The van der Waals surface area contributed by atoms with Gasteiger partial charge in [0.2, 0.25) is 11.8 Å². The highest BCUT2D eigenvalue weighted by molar-refractivity contribution is 5.73. The number of carbonyl (C=O) groups excluding carboxylic acids is 2. The van der Waals surface area contributed by atoms with Gasteiger partial charge in [-0.15, -0.1) is 0 Å². The Balaban J connectivity index is 1.33. The smallest absolute Gasteiger partial charge is 0.217 e. The van der Waals surface area contributed by atoms with Crippen LogP contribution in [-0.2, 0) is 52.2 Å². The minimum absolute atomic E-state index is 0.676. The summed E-state index contributed by atoms with van der Waals surface area (Å²) in [6, 6.07) is -3.23. The Hall–Kier alpha value is -1.98. The first-order chi connectivity index (χ1) is 28.7. The maximum absolute atomic E-state index is 12.5. The summed E-state index contributed by atoms with van der Waals surface area (Å²) < 4.78 is 50.8. The summed E-state index contributed by atoms with van der Waals surface area (Å²) in [7, 11) is 0. The van der Waals surface area contributed by atoms with Crippen LogP contribution >= 0.6 is 0 Å². The fraction of sp³-hybridized carbons (Fsp3) is 0.941. The lowest BCUT2D eigenvalue weighted by atomic mass is 9.94. The van der Waals surface area contributed by atoms with Crippen LogP contribution in [-0.4, -0.2) is 263 Å². The lowest BCUT2D eigenvalue weighted by Gasteiger charge is -2.49. The van der Waals surface area contributed by atoms with Gasteiger partial charge < -0.3 is 125 Å².